The van der Waals surface area contributed by atoms with Crippen LogP contribution in [-0.2, 0) is 13.0 Å². The molecule has 1 N–H and O–H groups in total. The lowest BCUT2D eigenvalue weighted by molar-refractivity contribution is 0.475. The molecule has 0 spiro atoms. The molecule has 0 unspecified atom stereocenters. The first-order valence-electron chi connectivity index (χ1n) is 7.66. The molecule has 0 fully saturated rings. The smallest absolute Gasteiger partial charge is 0.268 e. The van der Waals surface area contributed by atoms with Crippen molar-refractivity contribution >= 4 is 15.9 Å². The van der Waals surface area contributed by atoms with Crippen LogP contribution in [0.2, 0.25) is 0 Å². The molecule has 0 aliphatic heterocycles. The van der Waals surface area contributed by atoms with E-state index in [9.17, 15) is 9.90 Å². The van der Waals surface area contributed by atoms with Gasteiger partial charge in [-0.2, -0.15) is 0 Å². The second-order valence-corrected chi connectivity index (χ2v) is 6.37. The molecule has 0 aliphatic rings. The van der Waals surface area contributed by atoms with E-state index in [1.54, 1.807) is 29.7 Å². The van der Waals surface area contributed by atoms with Gasteiger partial charge in [-0.3, -0.25) is 9.36 Å². The van der Waals surface area contributed by atoms with Crippen molar-refractivity contribution in [2.45, 2.75) is 19.9 Å². The minimum absolute atomic E-state index is 0.114. The summed E-state index contributed by atoms with van der Waals surface area (Å²) in [5, 5.41) is 9.74. The highest BCUT2D eigenvalue weighted by molar-refractivity contribution is 9.10. The molecule has 5 heteroatoms. The fourth-order valence-electron chi connectivity index (χ4n) is 2.60. The number of hydrogen-bond donors (Lipinski definition) is 1. The van der Waals surface area contributed by atoms with Gasteiger partial charge in [0.2, 0.25) is 0 Å². The first-order chi connectivity index (χ1) is 11.6. The molecular formula is C19H17BrN2O2. The number of phenols is 1. The zero-order chi connectivity index (χ0) is 17.1. The highest BCUT2D eigenvalue weighted by Gasteiger charge is 2.14. The summed E-state index contributed by atoms with van der Waals surface area (Å²) < 4.78 is 2.12. The van der Waals surface area contributed by atoms with Crippen molar-refractivity contribution in [3.05, 3.63) is 80.7 Å². The van der Waals surface area contributed by atoms with Crippen molar-refractivity contribution in [1.82, 2.24) is 9.55 Å². The number of benzene rings is 2. The van der Waals surface area contributed by atoms with Gasteiger partial charge in [0.15, 0.2) is 0 Å². The summed E-state index contributed by atoms with van der Waals surface area (Å²) >= 11 is 3.33. The Labute approximate surface area is 148 Å². The number of aromatic hydroxyl groups is 1. The van der Waals surface area contributed by atoms with Gasteiger partial charge in [0.25, 0.3) is 5.56 Å². The Kier molecular flexibility index (Phi) is 4.81. The van der Waals surface area contributed by atoms with Gasteiger partial charge < -0.3 is 5.11 Å². The predicted octanol–water partition coefficient (Wildman–Crippen LogP) is 3.93. The standard InChI is InChI=1S/C19H17BrN2O2/c1-13-17(20)19(24)22(11-10-14-6-3-2-4-7-14)18(21-13)15-8-5-9-16(23)12-15/h2-9,12,23H,10-11H2,1H3. The van der Waals surface area contributed by atoms with E-state index in [1.807, 2.05) is 36.4 Å². The summed E-state index contributed by atoms with van der Waals surface area (Å²) in [6.45, 7) is 2.30. The molecule has 0 aliphatic carbocycles. The first-order valence-corrected chi connectivity index (χ1v) is 8.46. The van der Waals surface area contributed by atoms with E-state index in [4.69, 9.17) is 0 Å². The van der Waals surface area contributed by atoms with Crippen LogP contribution in [0.5, 0.6) is 5.75 Å². The maximum absolute atomic E-state index is 12.7. The Morgan fingerprint density at radius 2 is 1.88 bits per heavy atom. The molecule has 4 nitrogen and oxygen atoms in total. The van der Waals surface area contributed by atoms with E-state index >= 15 is 0 Å². The van der Waals surface area contributed by atoms with E-state index in [1.165, 1.54) is 0 Å². The molecular weight excluding hydrogens is 368 g/mol. The molecule has 3 rings (SSSR count). The molecule has 1 aromatic heterocycles. The Bertz CT molecular complexity index is 920. The van der Waals surface area contributed by atoms with Crippen LogP contribution in [0.25, 0.3) is 11.4 Å². The number of nitrogens with zero attached hydrogens (tertiary/aromatic N) is 2. The van der Waals surface area contributed by atoms with Gasteiger partial charge in [-0.05, 0) is 47.0 Å². The average Bonchev–Trinajstić information content (AvgIpc) is 2.59. The SMILES string of the molecule is Cc1nc(-c2cccc(O)c2)n(CCc2ccccc2)c(=O)c1Br. The number of aryl methyl sites for hydroxylation is 2. The van der Waals surface area contributed by atoms with E-state index in [0.717, 1.165) is 17.5 Å². The lowest BCUT2D eigenvalue weighted by Crippen LogP contribution is -2.26. The largest absolute Gasteiger partial charge is 0.508 e. The fourth-order valence-corrected chi connectivity index (χ4v) is 2.90. The summed E-state index contributed by atoms with van der Waals surface area (Å²) in [6.07, 6.45) is 0.726. The lowest BCUT2D eigenvalue weighted by atomic mass is 10.1. The number of halogens is 1. The van der Waals surface area contributed by atoms with Gasteiger partial charge >= 0.3 is 0 Å². The molecule has 0 bridgehead atoms. The van der Waals surface area contributed by atoms with E-state index < -0.39 is 0 Å². The molecule has 2 aromatic carbocycles. The Morgan fingerprint density at radius 3 is 2.58 bits per heavy atom. The third kappa shape index (κ3) is 3.41. The molecule has 0 radical (unpaired) electrons. The summed E-state index contributed by atoms with van der Waals surface area (Å²) in [5.41, 5.74) is 2.39. The minimum atomic E-state index is -0.114. The maximum Gasteiger partial charge on any atom is 0.268 e. The number of aromatic nitrogens is 2. The number of rotatable bonds is 4. The van der Waals surface area contributed by atoms with Crippen molar-refractivity contribution in [3.63, 3.8) is 0 Å². The van der Waals surface area contributed by atoms with Crippen LogP contribution in [-0.4, -0.2) is 14.7 Å². The molecule has 0 saturated heterocycles. The maximum atomic E-state index is 12.7. The second-order valence-electron chi connectivity index (χ2n) is 5.58. The molecule has 24 heavy (non-hydrogen) atoms. The summed E-state index contributed by atoms with van der Waals surface area (Å²) in [4.78, 5) is 17.3. The van der Waals surface area contributed by atoms with Gasteiger partial charge in [-0.25, -0.2) is 4.98 Å². The molecule has 3 aromatic rings. The van der Waals surface area contributed by atoms with Crippen molar-refractivity contribution in [3.8, 4) is 17.1 Å². The van der Waals surface area contributed by atoms with E-state index in [2.05, 4.69) is 20.9 Å². The molecule has 0 amide bonds. The normalized spacial score (nSPS) is 10.8. The van der Waals surface area contributed by atoms with Crippen LogP contribution in [0.4, 0.5) is 0 Å². The summed E-state index contributed by atoms with van der Waals surface area (Å²) in [6, 6.07) is 16.8. The van der Waals surface area contributed by atoms with Gasteiger partial charge in [-0.1, -0.05) is 42.5 Å². The predicted molar refractivity (Wildman–Crippen MR) is 98.2 cm³/mol. The number of hydrogen-bond acceptors (Lipinski definition) is 3. The molecule has 1 heterocycles. The average molecular weight is 385 g/mol. The monoisotopic (exact) mass is 384 g/mol. The lowest BCUT2D eigenvalue weighted by Gasteiger charge is -2.14. The van der Waals surface area contributed by atoms with Crippen molar-refractivity contribution in [2.75, 3.05) is 0 Å². The minimum Gasteiger partial charge on any atom is -0.508 e. The van der Waals surface area contributed by atoms with Crippen molar-refractivity contribution in [1.29, 1.82) is 0 Å². The zero-order valence-electron chi connectivity index (χ0n) is 13.2. The number of phenolic OH excluding ortho intramolecular Hbond substituents is 1. The quantitative estimate of drug-likeness (QED) is 0.741. The van der Waals surface area contributed by atoms with Crippen LogP contribution in [0.1, 0.15) is 11.3 Å². The molecule has 122 valence electrons. The van der Waals surface area contributed by atoms with Gasteiger partial charge in [-0.15, -0.1) is 0 Å². The van der Waals surface area contributed by atoms with E-state index in [-0.39, 0.29) is 11.3 Å². The molecule has 0 saturated carbocycles. The van der Waals surface area contributed by atoms with Crippen LogP contribution in [0.15, 0.2) is 63.9 Å². The Hall–Kier alpha value is -2.40. The van der Waals surface area contributed by atoms with Crippen LogP contribution in [0, 0.1) is 6.92 Å². The summed E-state index contributed by atoms with van der Waals surface area (Å²) in [5.74, 6) is 0.712. The second kappa shape index (κ2) is 7.01. The third-order valence-corrected chi connectivity index (χ3v) is 4.76. The van der Waals surface area contributed by atoms with Crippen molar-refractivity contribution in [2.24, 2.45) is 0 Å². The highest BCUT2D eigenvalue weighted by atomic mass is 79.9. The topological polar surface area (TPSA) is 55.1 Å². The van der Waals surface area contributed by atoms with Crippen LogP contribution in [0.3, 0.4) is 0 Å². The van der Waals surface area contributed by atoms with Gasteiger partial charge in [0.05, 0.1) is 5.69 Å². The summed E-state index contributed by atoms with van der Waals surface area (Å²) in [7, 11) is 0. The zero-order valence-corrected chi connectivity index (χ0v) is 14.8. The van der Waals surface area contributed by atoms with Crippen LogP contribution < -0.4 is 5.56 Å². The Balaban J connectivity index is 2.06. The van der Waals surface area contributed by atoms with Crippen LogP contribution >= 0.6 is 15.9 Å². The fraction of sp³-hybridized carbons (Fsp3) is 0.158. The van der Waals surface area contributed by atoms with Crippen molar-refractivity contribution < 1.29 is 5.11 Å². The van der Waals surface area contributed by atoms with Gasteiger partial charge in [0, 0.05) is 12.1 Å². The highest BCUT2D eigenvalue weighted by Crippen LogP contribution is 2.23. The van der Waals surface area contributed by atoms with Gasteiger partial charge in [0.1, 0.15) is 16.0 Å². The third-order valence-electron chi connectivity index (χ3n) is 3.85. The Morgan fingerprint density at radius 1 is 1.12 bits per heavy atom. The molecule has 0 atom stereocenters. The van der Waals surface area contributed by atoms with E-state index in [0.29, 0.717) is 22.5 Å². The first kappa shape index (κ1) is 16.5.